The van der Waals surface area contributed by atoms with Gasteiger partial charge in [0.2, 0.25) is 0 Å². The summed E-state index contributed by atoms with van der Waals surface area (Å²) in [5, 5.41) is 3.15. The van der Waals surface area contributed by atoms with Gasteiger partial charge < -0.3 is 10.1 Å². The van der Waals surface area contributed by atoms with Crippen molar-refractivity contribution in [2.45, 2.75) is 20.1 Å². The van der Waals surface area contributed by atoms with E-state index in [-0.39, 0.29) is 0 Å². The largest absolute Gasteiger partial charge is 0.488 e. The Bertz CT molecular complexity index is 461. The zero-order valence-electron chi connectivity index (χ0n) is 10.2. The molecule has 0 amide bonds. The minimum atomic E-state index is 0.650. The van der Waals surface area contributed by atoms with Crippen molar-refractivity contribution >= 4 is 11.3 Å². The lowest BCUT2D eigenvalue weighted by molar-refractivity contribution is 0.310. The molecule has 1 aromatic carbocycles. The van der Waals surface area contributed by atoms with Crippen LogP contribution in [0.5, 0.6) is 5.75 Å². The van der Waals surface area contributed by atoms with Gasteiger partial charge in [0.25, 0.3) is 0 Å². The van der Waals surface area contributed by atoms with E-state index in [4.69, 9.17) is 4.74 Å². The highest BCUT2D eigenvalue weighted by Gasteiger charge is 2.00. The van der Waals surface area contributed by atoms with Gasteiger partial charge in [-0.3, -0.25) is 0 Å². The monoisotopic (exact) mass is 247 g/mol. The molecule has 90 valence electrons. The first-order chi connectivity index (χ1) is 8.28. The third-order valence-corrected chi connectivity index (χ3v) is 3.53. The van der Waals surface area contributed by atoms with Gasteiger partial charge in [0.1, 0.15) is 12.4 Å². The summed E-state index contributed by atoms with van der Waals surface area (Å²) < 4.78 is 5.73. The van der Waals surface area contributed by atoms with E-state index < -0.39 is 0 Å². The Morgan fingerprint density at radius 1 is 1.06 bits per heavy atom. The summed E-state index contributed by atoms with van der Waals surface area (Å²) in [5.74, 6) is 0.930. The second kappa shape index (κ2) is 5.84. The molecule has 0 atom stereocenters. The van der Waals surface area contributed by atoms with Crippen LogP contribution in [0.3, 0.4) is 0 Å². The maximum atomic E-state index is 5.73. The minimum Gasteiger partial charge on any atom is -0.488 e. The van der Waals surface area contributed by atoms with E-state index in [0.717, 1.165) is 12.3 Å². The topological polar surface area (TPSA) is 21.3 Å². The zero-order valence-corrected chi connectivity index (χ0v) is 11.0. The van der Waals surface area contributed by atoms with Crippen molar-refractivity contribution in [3.8, 4) is 5.75 Å². The molecule has 2 aromatic rings. The lowest BCUT2D eigenvalue weighted by Crippen LogP contribution is -2.02. The Morgan fingerprint density at radius 2 is 1.76 bits per heavy atom. The van der Waals surface area contributed by atoms with Crippen LogP contribution in [0.2, 0.25) is 0 Å². The van der Waals surface area contributed by atoms with Crippen molar-refractivity contribution in [3.63, 3.8) is 0 Å². The molecule has 0 unspecified atom stereocenters. The Labute approximate surface area is 106 Å². The molecule has 1 N–H and O–H groups in total. The summed E-state index contributed by atoms with van der Waals surface area (Å²) in [4.78, 5) is 2.60. The summed E-state index contributed by atoms with van der Waals surface area (Å²) in [5.41, 5.74) is 1.25. The highest BCUT2D eigenvalue weighted by atomic mass is 32.1. The van der Waals surface area contributed by atoms with Crippen molar-refractivity contribution in [3.05, 3.63) is 51.7 Å². The zero-order chi connectivity index (χ0) is 12.1. The van der Waals surface area contributed by atoms with E-state index in [0.29, 0.717) is 6.61 Å². The first kappa shape index (κ1) is 12.1. The molecule has 1 aromatic heterocycles. The number of rotatable bonds is 5. The van der Waals surface area contributed by atoms with E-state index >= 15 is 0 Å². The molecule has 3 heteroatoms. The van der Waals surface area contributed by atoms with Crippen LogP contribution >= 0.6 is 11.3 Å². The van der Waals surface area contributed by atoms with Gasteiger partial charge in [-0.1, -0.05) is 17.7 Å². The first-order valence-corrected chi connectivity index (χ1v) is 6.51. The number of aryl methyl sites for hydroxylation is 1. The summed E-state index contributed by atoms with van der Waals surface area (Å²) in [6, 6.07) is 12.4. The number of ether oxygens (including phenoxy) is 1. The molecular weight excluding hydrogens is 230 g/mol. The molecule has 0 aliphatic rings. The third-order valence-electron chi connectivity index (χ3n) is 2.47. The average molecular weight is 247 g/mol. The van der Waals surface area contributed by atoms with E-state index in [2.05, 4.69) is 36.5 Å². The molecule has 0 radical (unpaired) electrons. The predicted octanol–water partition coefficient (Wildman–Crippen LogP) is 3.35. The van der Waals surface area contributed by atoms with Gasteiger partial charge >= 0.3 is 0 Å². The Balaban J connectivity index is 1.90. The third kappa shape index (κ3) is 3.58. The highest BCUT2D eigenvalue weighted by molar-refractivity contribution is 7.11. The second-order valence-corrected chi connectivity index (χ2v) is 5.25. The molecule has 0 saturated heterocycles. The van der Waals surface area contributed by atoms with Gasteiger partial charge in [-0.05, 0) is 38.2 Å². The normalized spacial score (nSPS) is 10.5. The molecule has 2 rings (SSSR count). The SMILES string of the molecule is CNCc1ccc(COc2ccc(C)cc2)s1. The summed E-state index contributed by atoms with van der Waals surface area (Å²) in [6.07, 6.45) is 0. The summed E-state index contributed by atoms with van der Waals surface area (Å²) in [7, 11) is 1.96. The molecule has 0 spiro atoms. The smallest absolute Gasteiger partial charge is 0.122 e. The van der Waals surface area contributed by atoms with Gasteiger partial charge in [-0.2, -0.15) is 0 Å². The molecular formula is C14H17NOS. The fourth-order valence-corrected chi connectivity index (χ4v) is 2.50. The minimum absolute atomic E-state index is 0.650. The maximum absolute atomic E-state index is 5.73. The Hall–Kier alpha value is -1.32. The molecule has 0 aliphatic heterocycles. The number of hydrogen-bond donors (Lipinski definition) is 1. The summed E-state index contributed by atoms with van der Waals surface area (Å²) >= 11 is 1.79. The molecule has 0 aliphatic carbocycles. The standard InChI is InChI=1S/C14H17NOS/c1-11-3-5-12(6-4-11)16-10-14-8-7-13(17-14)9-15-2/h3-8,15H,9-10H2,1-2H3. The molecule has 2 nitrogen and oxygen atoms in total. The van der Waals surface area contributed by atoms with Crippen LogP contribution in [-0.2, 0) is 13.2 Å². The van der Waals surface area contributed by atoms with E-state index in [1.54, 1.807) is 11.3 Å². The number of nitrogens with one attached hydrogen (secondary N) is 1. The van der Waals surface area contributed by atoms with Crippen molar-refractivity contribution in [1.82, 2.24) is 5.32 Å². The van der Waals surface area contributed by atoms with Crippen LogP contribution in [0.4, 0.5) is 0 Å². The van der Waals surface area contributed by atoms with Crippen LogP contribution in [0, 0.1) is 6.92 Å². The van der Waals surface area contributed by atoms with Gasteiger partial charge in [0.05, 0.1) is 0 Å². The first-order valence-electron chi connectivity index (χ1n) is 5.69. The number of benzene rings is 1. The molecule has 0 fully saturated rings. The fraction of sp³-hybridized carbons (Fsp3) is 0.286. The van der Waals surface area contributed by atoms with Crippen LogP contribution < -0.4 is 10.1 Å². The van der Waals surface area contributed by atoms with Gasteiger partial charge in [0.15, 0.2) is 0 Å². The van der Waals surface area contributed by atoms with E-state index in [9.17, 15) is 0 Å². The Morgan fingerprint density at radius 3 is 2.47 bits per heavy atom. The average Bonchev–Trinajstić information content (AvgIpc) is 2.77. The van der Waals surface area contributed by atoms with E-state index in [1.165, 1.54) is 15.3 Å². The predicted molar refractivity (Wildman–Crippen MR) is 72.6 cm³/mol. The molecule has 0 saturated carbocycles. The van der Waals surface area contributed by atoms with Crippen LogP contribution in [-0.4, -0.2) is 7.05 Å². The quantitative estimate of drug-likeness (QED) is 0.875. The van der Waals surface area contributed by atoms with Crippen molar-refractivity contribution in [2.24, 2.45) is 0 Å². The number of hydrogen-bond acceptors (Lipinski definition) is 3. The van der Waals surface area contributed by atoms with Crippen molar-refractivity contribution in [2.75, 3.05) is 7.05 Å². The summed E-state index contributed by atoms with van der Waals surface area (Å²) in [6.45, 7) is 3.65. The van der Waals surface area contributed by atoms with Crippen LogP contribution in [0.15, 0.2) is 36.4 Å². The Kier molecular flexibility index (Phi) is 4.18. The van der Waals surface area contributed by atoms with Crippen LogP contribution in [0.25, 0.3) is 0 Å². The van der Waals surface area contributed by atoms with Gasteiger partial charge in [-0.15, -0.1) is 11.3 Å². The van der Waals surface area contributed by atoms with E-state index in [1.807, 2.05) is 19.2 Å². The second-order valence-electron chi connectivity index (χ2n) is 4.00. The van der Waals surface area contributed by atoms with Gasteiger partial charge in [0, 0.05) is 16.3 Å². The maximum Gasteiger partial charge on any atom is 0.122 e. The number of thiophene rings is 1. The van der Waals surface area contributed by atoms with Gasteiger partial charge in [-0.25, -0.2) is 0 Å². The fourth-order valence-electron chi connectivity index (χ4n) is 1.56. The van der Waals surface area contributed by atoms with Crippen molar-refractivity contribution in [1.29, 1.82) is 0 Å². The van der Waals surface area contributed by atoms with Crippen molar-refractivity contribution < 1.29 is 4.74 Å². The lowest BCUT2D eigenvalue weighted by Gasteiger charge is -2.04. The highest BCUT2D eigenvalue weighted by Crippen LogP contribution is 2.19. The molecule has 0 bridgehead atoms. The lowest BCUT2D eigenvalue weighted by atomic mass is 10.2. The van der Waals surface area contributed by atoms with Crippen LogP contribution in [0.1, 0.15) is 15.3 Å². The molecule has 17 heavy (non-hydrogen) atoms. The molecule has 1 heterocycles.